The van der Waals surface area contributed by atoms with Crippen molar-refractivity contribution in [1.29, 1.82) is 0 Å². The lowest BCUT2D eigenvalue weighted by atomic mass is 10.1. The largest absolute Gasteiger partial charge is 0.497 e. The first kappa shape index (κ1) is 25.5. The van der Waals surface area contributed by atoms with Crippen LogP contribution in [0, 0.1) is 5.92 Å². The van der Waals surface area contributed by atoms with Crippen molar-refractivity contribution in [3.05, 3.63) is 71.4 Å². The van der Waals surface area contributed by atoms with Crippen molar-refractivity contribution in [2.45, 2.75) is 25.8 Å². The Morgan fingerprint density at radius 2 is 2.03 bits per heavy atom. The number of nitrogens with one attached hydrogen (secondary N) is 1. The van der Waals surface area contributed by atoms with E-state index in [2.05, 4.69) is 16.9 Å². The van der Waals surface area contributed by atoms with Crippen LogP contribution >= 0.6 is 11.6 Å². The molecule has 1 aliphatic carbocycles. The Kier molecular flexibility index (Phi) is 7.20. The van der Waals surface area contributed by atoms with Crippen molar-refractivity contribution in [2.75, 3.05) is 35.9 Å². The average molecular weight is 534 g/mol. The molecule has 1 fully saturated rings. The molecular formula is C28H28ClN5O4. The van der Waals surface area contributed by atoms with Crippen LogP contribution in [0.2, 0.25) is 5.02 Å². The standard InChI is InChI=1S/C28H28ClN5O4/c1-4-20(35)11-18-7-5-6-8-22(18)31-27-30-14-19-16-33(23-12-21(37-2)13-24(38-3)25(23)29)28(36)34(26(19)32-27)15-17-9-10-17/h4-8,12-14,17H,1,9-11,15-16H2,2-3H3,(H,30,31,32). The predicted molar refractivity (Wildman–Crippen MR) is 147 cm³/mol. The van der Waals surface area contributed by atoms with Crippen molar-refractivity contribution in [3.8, 4) is 11.5 Å². The molecule has 10 heteroatoms. The fourth-order valence-corrected chi connectivity index (χ4v) is 4.68. The highest BCUT2D eigenvalue weighted by Gasteiger charge is 2.38. The molecule has 38 heavy (non-hydrogen) atoms. The number of para-hydroxylation sites is 1. The summed E-state index contributed by atoms with van der Waals surface area (Å²) < 4.78 is 10.8. The second kappa shape index (κ2) is 10.7. The van der Waals surface area contributed by atoms with Gasteiger partial charge in [0.2, 0.25) is 5.95 Å². The lowest BCUT2D eigenvalue weighted by molar-refractivity contribution is -0.114. The monoisotopic (exact) mass is 533 g/mol. The van der Waals surface area contributed by atoms with Crippen LogP contribution in [-0.4, -0.2) is 42.5 Å². The van der Waals surface area contributed by atoms with E-state index in [1.165, 1.54) is 13.2 Å². The van der Waals surface area contributed by atoms with Crippen LogP contribution in [0.15, 0.2) is 55.3 Å². The molecule has 0 unspecified atom stereocenters. The van der Waals surface area contributed by atoms with Crippen molar-refractivity contribution >= 4 is 46.6 Å². The van der Waals surface area contributed by atoms with Crippen LogP contribution in [0.5, 0.6) is 11.5 Å². The maximum Gasteiger partial charge on any atom is 0.330 e. The van der Waals surface area contributed by atoms with Gasteiger partial charge in [0, 0.05) is 42.5 Å². The van der Waals surface area contributed by atoms with Gasteiger partial charge in [-0.15, -0.1) is 0 Å². The minimum Gasteiger partial charge on any atom is -0.497 e. The van der Waals surface area contributed by atoms with E-state index in [9.17, 15) is 9.59 Å². The Labute approximate surface area is 226 Å². The van der Waals surface area contributed by atoms with E-state index >= 15 is 0 Å². The van der Waals surface area contributed by atoms with E-state index < -0.39 is 0 Å². The molecule has 2 aliphatic rings. The third kappa shape index (κ3) is 5.15. The van der Waals surface area contributed by atoms with Crippen molar-refractivity contribution in [2.24, 2.45) is 5.92 Å². The van der Waals surface area contributed by atoms with Gasteiger partial charge in [0.15, 0.2) is 5.78 Å². The molecule has 2 heterocycles. The number of carbonyl (C=O) groups excluding carboxylic acids is 2. The van der Waals surface area contributed by atoms with Gasteiger partial charge < -0.3 is 14.8 Å². The number of halogens is 1. The normalized spacial score (nSPS) is 14.7. The molecular weight excluding hydrogens is 506 g/mol. The Morgan fingerprint density at radius 1 is 1.24 bits per heavy atom. The van der Waals surface area contributed by atoms with Gasteiger partial charge >= 0.3 is 6.03 Å². The first-order valence-corrected chi connectivity index (χ1v) is 12.7. The van der Waals surface area contributed by atoms with Crippen LogP contribution in [0.4, 0.5) is 27.9 Å². The van der Waals surface area contributed by atoms with E-state index in [0.717, 1.165) is 29.7 Å². The van der Waals surface area contributed by atoms with E-state index in [-0.39, 0.29) is 24.8 Å². The third-order valence-electron chi connectivity index (χ3n) is 6.62. The lowest BCUT2D eigenvalue weighted by Crippen LogP contribution is -2.49. The zero-order chi connectivity index (χ0) is 26.8. The molecule has 2 aromatic carbocycles. The topological polar surface area (TPSA) is 96.9 Å². The van der Waals surface area contributed by atoms with Gasteiger partial charge in [-0.05, 0) is 36.5 Å². The maximum atomic E-state index is 13.9. The van der Waals surface area contributed by atoms with Gasteiger partial charge in [0.05, 0.1) is 26.5 Å². The summed E-state index contributed by atoms with van der Waals surface area (Å²) in [4.78, 5) is 38.4. The van der Waals surface area contributed by atoms with E-state index in [1.807, 2.05) is 24.3 Å². The van der Waals surface area contributed by atoms with E-state index in [0.29, 0.717) is 46.4 Å². The number of allylic oxidation sites excluding steroid dienone is 1. The molecule has 2 amide bonds. The van der Waals surface area contributed by atoms with Gasteiger partial charge in [0.25, 0.3) is 0 Å². The number of ketones is 1. The molecule has 0 radical (unpaired) electrons. The molecule has 5 rings (SSSR count). The number of anilines is 4. The number of aromatic nitrogens is 2. The maximum absolute atomic E-state index is 13.9. The minimum absolute atomic E-state index is 0.0836. The molecule has 0 bridgehead atoms. The van der Waals surface area contributed by atoms with Gasteiger partial charge in [-0.1, -0.05) is 36.4 Å². The first-order valence-electron chi connectivity index (χ1n) is 12.3. The molecule has 196 valence electrons. The molecule has 1 saturated carbocycles. The van der Waals surface area contributed by atoms with Crippen LogP contribution in [0.3, 0.4) is 0 Å². The molecule has 1 N–H and O–H groups in total. The first-order chi connectivity index (χ1) is 18.4. The lowest BCUT2D eigenvalue weighted by Gasteiger charge is -2.36. The predicted octanol–water partition coefficient (Wildman–Crippen LogP) is 5.55. The van der Waals surface area contributed by atoms with Gasteiger partial charge in [-0.2, -0.15) is 4.98 Å². The van der Waals surface area contributed by atoms with Crippen molar-refractivity contribution in [3.63, 3.8) is 0 Å². The summed E-state index contributed by atoms with van der Waals surface area (Å²) in [5.74, 6) is 2.17. The van der Waals surface area contributed by atoms with Crippen LogP contribution in [0.1, 0.15) is 24.0 Å². The molecule has 9 nitrogen and oxygen atoms in total. The highest BCUT2D eigenvalue weighted by Crippen LogP contribution is 2.43. The number of fused-ring (bicyclic) bond motifs is 1. The smallest absolute Gasteiger partial charge is 0.330 e. The Bertz CT molecular complexity index is 1410. The third-order valence-corrected chi connectivity index (χ3v) is 7.00. The number of hydrogen-bond donors (Lipinski definition) is 1. The van der Waals surface area contributed by atoms with Crippen molar-refractivity contribution < 1.29 is 19.1 Å². The fourth-order valence-electron chi connectivity index (χ4n) is 4.39. The summed E-state index contributed by atoms with van der Waals surface area (Å²) in [5.41, 5.74) is 2.79. The number of ether oxygens (including phenoxy) is 2. The number of carbonyl (C=O) groups is 2. The van der Waals surface area contributed by atoms with Crippen LogP contribution < -0.4 is 24.6 Å². The average Bonchev–Trinajstić information content (AvgIpc) is 3.76. The summed E-state index contributed by atoms with van der Waals surface area (Å²) in [5, 5.41) is 3.54. The molecule has 1 aliphatic heterocycles. The zero-order valence-corrected chi connectivity index (χ0v) is 22.0. The molecule has 1 aromatic heterocycles. The van der Waals surface area contributed by atoms with Gasteiger partial charge in [-0.3, -0.25) is 14.6 Å². The SMILES string of the molecule is C=CC(=O)Cc1ccccc1Nc1ncc2c(n1)N(CC1CC1)C(=O)N(c1cc(OC)cc(OC)c1Cl)C2. The summed E-state index contributed by atoms with van der Waals surface area (Å²) in [6.45, 7) is 4.33. The van der Waals surface area contributed by atoms with E-state index in [1.54, 1.807) is 35.2 Å². The quantitative estimate of drug-likeness (QED) is 0.341. The molecule has 0 saturated heterocycles. The van der Waals surface area contributed by atoms with Gasteiger partial charge in [-0.25, -0.2) is 9.78 Å². The highest BCUT2D eigenvalue weighted by atomic mass is 35.5. The van der Waals surface area contributed by atoms with Crippen molar-refractivity contribution in [1.82, 2.24) is 9.97 Å². The number of methoxy groups -OCH3 is 2. The molecule has 0 atom stereocenters. The number of amides is 2. The highest BCUT2D eigenvalue weighted by molar-refractivity contribution is 6.35. The molecule has 3 aromatic rings. The fraction of sp³-hybridized carbons (Fsp3) is 0.286. The number of benzene rings is 2. The Hall–Kier alpha value is -4.11. The number of rotatable bonds is 10. The summed E-state index contributed by atoms with van der Waals surface area (Å²) in [6.07, 6.45) is 5.36. The zero-order valence-electron chi connectivity index (χ0n) is 21.2. The van der Waals surface area contributed by atoms with Crippen LogP contribution in [-0.2, 0) is 17.8 Å². The summed E-state index contributed by atoms with van der Waals surface area (Å²) >= 11 is 6.64. The second-order valence-corrected chi connectivity index (χ2v) is 9.64. The number of hydrogen-bond acceptors (Lipinski definition) is 7. The number of urea groups is 1. The minimum atomic E-state index is -0.233. The second-order valence-electron chi connectivity index (χ2n) is 9.26. The Balaban J connectivity index is 1.50. The van der Waals surface area contributed by atoms with E-state index in [4.69, 9.17) is 26.1 Å². The van der Waals surface area contributed by atoms with Crippen LogP contribution in [0.25, 0.3) is 0 Å². The summed E-state index contributed by atoms with van der Waals surface area (Å²) in [6, 6.07) is 10.6. The van der Waals surface area contributed by atoms with Gasteiger partial charge in [0.1, 0.15) is 22.3 Å². The Morgan fingerprint density at radius 3 is 2.74 bits per heavy atom. The molecule has 0 spiro atoms. The number of nitrogens with zero attached hydrogens (tertiary/aromatic N) is 4. The summed E-state index contributed by atoms with van der Waals surface area (Å²) in [7, 11) is 3.07.